The van der Waals surface area contributed by atoms with Gasteiger partial charge in [0.05, 0.1) is 11.6 Å². The van der Waals surface area contributed by atoms with E-state index in [1.54, 1.807) is 18.2 Å². The Balaban J connectivity index is 2.19. The molecule has 1 aromatic carbocycles. The quantitative estimate of drug-likeness (QED) is 0.725. The summed E-state index contributed by atoms with van der Waals surface area (Å²) in [5.74, 6) is 0.609. The van der Waals surface area contributed by atoms with E-state index in [1.165, 1.54) is 0 Å². The van der Waals surface area contributed by atoms with Gasteiger partial charge in [0, 0.05) is 24.0 Å². The van der Waals surface area contributed by atoms with Crippen molar-refractivity contribution >= 4 is 29.1 Å². The number of benzene rings is 1. The van der Waals surface area contributed by atoms with Crippen molar-refractivity contribution in [3.8, 4) is 5.75 Å². The highest BCUT2D eigenvalue weighted by Gasteiger charge is 2.05. The number of ether oxygens (including phenoxy) is 1. The van der Waals surface area contributed by atoms with Crippen LogP contribution in [0.4, 0.5) is 0 Å². The zero-order valence-corrected chi connectivity index (χ0v) is 13.2. The van der Waals surface area contributed by atoms with E-state index in [9.17, 15) is 4.79 Å². The second-order valence-electron chi connectivity index (χ2n) is 4.52. The second-order valence-corrected chi connectivity index (χ2v) is 5.36. The number of halogens is 2. The molecule has 20 heavy (non-hydrogen) atoms. The Bertz CT molecular complexity index is 441. The first-order valence-corrected chi connectivity index (χ1v) is 7.30. The maximum absolute atomic E-state index is 11.5. The molecule has 1 rings (SSSR count). The zero-order valence-electron chi connectivity index (χ0n) is 11.7. The maximum atomic E-state index is 11.5. The molecule has 0 bridgehead atoms. The van der Waals surface area contributed by atoms with Gasteiger partial charge in [0.25, 0.3) is 0 Å². The molecule has 0 fully saturated rings. The molecule has 112 valence electrons. The Labute approximate surface area is 129 Å². The van der Waals surface area contributed by atoms with Crippen molar-refractivity contribution in [1.82, 2.24) is 10.6 Å². The topological polar surface area (TPSA) is 50.4 Å². The summed E-state index contributed by atoms with van der Waals surface area (Å²) in [4.78, 5) is 11.5. The van der Waals surface area contributed by atoms with Crippen LogP contribution in [-0.2, 0) is 4.79 Å². The highest BCUT2D eigenvalue weighted by molar-refractivity contribution is 6.35. The summed E-state index contributed by atoms with van der Waals surface area (Å²) < 4.78 is 5.51. The Morgan fingerprint density at radius 3 is 2.80 bits per heavy atom. The Hall–Kier alpha value is -0.970. The van der Waals surface area contributed by atoms with Crippen LogP contribution in [0, 0.1) is 0 Å². The standard InChI is InChI=1S/C14H20Cl2N2O2/c1-10(17-2)9-18-14(19)4-3-7-20-13-6-5-11(15)8-12(13)16/h5-6,8,10,17H,3-4,7,9H2,1-2H3,(H,18,19). The number of carbonyl (C=O) groups is 1. The van der Waals surface area contributed by atoms with Gasteiger partial charge in [-0.25, -0.2) is 0 Å². The van der Waals surface area contributed by atoms with E-state index in [0.717, 1.165) is 0 Å². The van der Waals surface area contributed by atoms with Gasteiger partial charge in [0.2, 0.25) is 5.91 Å². The van der Waals surface area contributed by atoms with E-state index >= 15 is 0 Å². The van der Waals surface area contributed by atoms with Crippen molar-refractivity contribution in [2.75, 3.05) is 20.2 Å². The molecule has 0 aliphatic rings. The van der Waals surface area contributed by atoms with Crippen LogP contribution in [0.3, 0.4) is 0 Å². The summed E-state index contributed by atoms with van der Waals surface area (Å²) in [5.41, 5.74) is 0. The van der Waals surface area contributed by atoms with Crippen LogP contribution < -0.4 is 15.4 Å². The summed E-state index contributed by atoms with van der Waals surface area (Å²) in [7, 11) is 1.86. The van der Waals surface area contributed by atoms with Crippen LogP contribution in [0.1, 0.15) is 19.8 Å². The molecule has 0 aliphatic heterocycles. The second kappa shape index (κ2) is 9.06. The molecule has 4 nitrogen and oxygen atoms in total. The van der Waals surface area contributed by atoms with Crippen LogP contribution in [-0.4, -0.2) is 32.1 Å². The average Bonchev–Trinajstić information content (AvgIpc) is 2.42. The van der Waals surface area contributed by atoms with Crippen LogP contribution in [0.5, 0.6) is 5.75 Å². The first kappa shape index (κ1) is 17.1. The number of likely N-dealkylation sites (N-methyl/N-ethyl adjacent to an activating group) is 1. The molecule has 0 aromatic heterocycles. The van der Waals surface area contributed by atoms with Crippen LogP contribution in [0.15, 0.2) is 18.2 Å². The van der Waals surface area contributed by atoms with Crippen LogP contribution >= 0.6 is 23.2 Å². The fourth-order valence-corrected chi connectivity index (χ4v) is 1.93. The van der Waals surface area contributed by atoms with Crippen LogP contribution in [0.2, 0.25) is 10.0 Å². The molecule has 0 heterocycles. The largest absolute Gasteiger partial charge is 0.492 e. The third-order valence-corrected chi connectivity index (χ3v) is 3.33. The van der Waals surface area contributed by atoms with Gasteiger partial charge in [0.15, 0.2) is 0 Å². The third kappa shape index (κ3) is 6.46. The first-order valence-electron chi connectivity index (χ1n) is 6.54. The van der Waals surface area contributed by atoms with Crippen molar-refractivity contribution in [2.45, 2.75) is 25.8 Å². The first-order chi connectivity index (χ1) is 9.52. The smallest absolute Gasteiger partial charge is 0.220 e. The van der Waals surface area contributed by atoms with Gasteiger partial charge < -0.3 is 15.4 Å². The minimum absolute atomic E-state index is 0.0258. The normalized spacial score (nSPS) is 12.0. The molecule has 0 aliphatic carbocycles. The molecule has 0 radical (unpaired) electrons. The SMILES string of the molecule is CNC(C)CNC(=O)CCCOc1ccc(Cl)cc1Cl. The van der Waals surface area contributed by atoms with Crippen LogP contribution in [0.25, 0.3) is 0 Å². The predicted octanol–water partition coefficient (Wildman–Crippen LogP) is 2.88. The van der Waals surface area contributed by atoms with Gasteiger partial charge in [0.1, 0.15) is 5.75 Å². The van der Waals surface area contributed by atoms with Gasteiger partial charge in [-0.2, -0.15) is 0 Å². The monoisotopic (exact) mass is 318 g/mol. The van der Waals surface area contributed by atoms with Gasteiger partial charge in [-0.3, -0.25) is 4.79 Å². The summed E-state index contributed by atoms with van der Waals surface area (Å²) in [6, 6.07) is 5.33. The van der Waals surface area contributed by atoms with Gasteiger partial charge >= 0.3 is 0 Å². The van der Waals surface area contributed by atoms with E-state index in [2.05, 4.69) is 10.6 Å². The fourth-order valence-electron chi connectivity index (χ4n) is 1.46. The molecule has 6 heteroatoms. The number of carbonyl (C=O) groups excluding carboxylic acids is 1. The maximum Gasteiger partial charge on any atom is 0.220 e. The van der Waals surface area contributed by atoms with Crippen molar-refractivity contribution in [3.05, 3.63) is 28.2 Å². The molecule has 0 spiro atoms. The molecular weight excluding hydrogens is 299 g/mol. The van der Waals surface area contributed by atoms with E-state index in [1.807, 2.05) is 14.0 Å². The minimum Gasteiger partial charge on any atom is -0.492 e. The summed E-state index contributed by atoms with van der Waals surface area (Å²) in [6.07, 6.45) is 1.07. The van der Waals surface area contributed by atoms with E-state index < -0.39 is 0 Å². The lowest BCUT2D eigenvalue weighted by atomic mass is 10.3. The predicted molar refractivity (Wildman–Crippen MR) is 82.7 cm³/mol. The lowest BCUT2D eigenvalue weighted by Gasteiger charge is -2.11. The zero-order chi connectivity index (χ0) is 15.0. The highest BCUT2D eigenvalue weighted by Crippen LogP contribution is 2.27. The van der Waals surface area contributed by atoms with Gasteiger partial charge in [-0.1, -0.05) is 23.2 Å². The molecule has 1 aromatic rings. The van der Waals surface area contributed by atoms with E-state index in [4.69, 9.17) is 27.9 Å². The number of nitrogens with one attached hydrogen (secondary N) is 2. The highest BCUT2D eigenvalue weighted by atomic mass is 35.5. The van der Waals surface area contributed by atoms with Gasteiger partial charge in [-0.05, 0) is 38.6 Å². The summed E-state index contributed by atoms with van der Waals surface area (Å²) >= 11 is 11.8. The molecule has 1 atom stereocenters. The number of hydrogen-bond acceptors (Lipinski definition) is 3. The third-order valence-electron chi connectivity index (χ3n) is 2.80. The number of hydrogen-bond donors (Lipinski definition) is 2. The molecule has 2 N–H and O–H groups in total. The van der Waals surface area contributed by atoms with Crippen molar-refractivity contribution in [3.63, 3.8) is 0 Å². The molecule has 1 amide bonds. The Morgan fingerprint density at radius 2 is 2.15 bits per heavy atom. The summed E-state index contributed by atoms with van der Waals surface area (Å²) in [6.45, 7) is 3.07. The molecule has 0 saturated heterocycles. The Morgan fingerprint density at radius 1 is 1.40 bits per heavy atom. The van der Waals surface area contributed by atoms with Crippen molar-refractivity contribution in [1.29, 1.82) is 0 Å². The van der Waals surface area contributed by atoms with E-state index in [-0.39, 0.29) is 11.9 Å². The van der Waals surface area contributed by atoms with Crippen molar-refractivity contribution in [2.24, 2.45) is 0 Å². The van der Waals surface area contributed by atoms with Crippen molar-refractivity contribution < 1.29 is 9.53 Å². The number of amides is 1. The molecule has 1 unspecified atom stereocenters. The van der Waals surface area contributed by atoms with E-state index in [0.29, 0.717) is 41.8 Å². The Kier molecular flexibility index (Phi) is 7.73. The average molecular weight is 319 g/mol. The lowest BCUT2D eigenvalue weighted by molar-refractivity contribution is -0.121. The minimum atomic E-state index is 0.0258. The molecular formula is C14H20Cl2N2O2. The van der Waals surface area contributed by atoms with Gasteiger partial charge in [-0.15, -0.1) is 0 Å². The summed E-state index contributed by atoms with van der Waals surface area (Å²) in [5, 5.41) is 6.95. The number of rotatable bonds is 8. The lowest BCUT2D eigenvalue weighted by Crippen LogP contribution is -2.37. The fraction of sp³-hybridized carbons (Fsp3) is 0.500. The molecule has 0 saturated carbocycles.